The Labute approximate surface area is 121 Å². The molecule has 2 heterocycles. The normalized spacial score (nSPS) is 14.3. The number of hydrogen-bond donors (Lipinski definition) is 2. The molecule has 21 heavy (non-hydrogen) atoms. The number of hydrogen-bond acceptors (Lipinski definition) is 3. The van der Waals surface area contributed by atoms with Gasteiger partial charge in [-0.15, -0.1) is 0 Å². The van der Waals surface area contributed by atoms with Crippen LogP contribution in [0.5, 0.6) is 0 Å². The molecule has 1 aromatic carbocycles. The highest BCUT2D eigenvalue weighted by atomic mass is 16.1. The van der Waals surface area contributed by atoms with Crippen molar-refractivity contribution in [1.82, 2.24) is 20.5 Å². The number of nitrogens with one attached hydrogen (secondary N) is 2. The van der Waals surface area contributed by atoms with Gasteiger partial charge >= 0.3 is 0 Å². The quantitative estimate of drug-likeness (QED) is 0.773. The molecule has 2 aromatic heterocycles. The molecule has 1 amide bonds. The molecule has 1 aliphatic carbocycles. The monoisotopic (exact) mass is 278 g/mol. The predicted molar refractivity (Wildman–Crippen MR) is 79.8 cm³/mol. The van der Waals surface area contributed by atoms with E-state index in [0.717, 1.165) is 29.5 Å². The first-order valence-electron chi connectivity index (χ1n) is 7.02. The summed E-state index contributed by atoms with van der Waals surface area (Å²) in [5.74, 6) is 0.000172. The average molecular weight is 278 g/mol. The van der Waals surface area contributed by atoms with E-state index in [2.05, 4.69) is 20.5 Å². The highest BCUT2D eigenvalue weighted by Crippen LogP contribution is 2.25. The third-order valence-corrected chi connectivity index (χ3v) is 3.68. The van der Waals surface area contributed by atoms with Gasteiger partial charge in [0.05, 0.1) is 5.69 Å². The van der Waals surface area contributed by atoms with Gasteiger partial charge in [0.15, 0.2) is 5.65 Å². The van der Waals surface area contributed by atoms with Gasteiger partial charge in [-0.25, -0.2) is 4.98 Å². The Hall–Kier alpha value is -2.69. The minimum atomic E-state index is 0.000172. The van der Waals surface area contributed by atoms with Crippen LogP contribution in [0, 0.1) is 0 Å². The Kier molecular flexibility index (Phi) is 2.70. The molecule has 5 heteroatoms. The zero-order valence-electron chi connectivity index (χ0n) is 11.3. The predicted octanol–water partition coefficient (Wildman–Crippen LogP) is 2.52. The number of benzene rings is 1. The second-order valence-corrected chi connectivity index (χ2v) is 5.30. The third kappa shape index (κ3) is 2.27. The topological polar surface area (TPSA) is 70.7 Å². The van der Waals surface area contributed by atoms with Gasteiger partial charge in [-0.3, -0.25) is 9.89 Å². The molecule has 0 radical (unpaired) electrons. The third-order valence-electron chi connectivity index (χ3n) is 3.68. The van der Waals surface area contributed by atoms with Crippen molar-refractivity contribution in [3.63, 3.8) is 0 Å². The van der Waals surface area contributed by atoms with E-state index in [0.29, 0.717) is 17.3 Å². The van der Waals surface area contributed by atoms with Crippen molar-refractivity contribution in [3.05, 3.63) is 48.2 Å². The lowest BCUT2D eigenvalue weighted by Crippen LogP contribution is -2.25. The van der Waals surface area contributed by atoms with Gasteiger partial charge in [0.25, 0.3) is 5.91 Å². The second kappa shape index (κ2) is 4.70. The van der Waals surface area contributed by atoms with Gasteiger partial charge < -0.3 is 5.32 Å². The summed E-state index contributed by atoms with van der Waals surface area (Å²) in [6, 6.07) is 11.8. The zero-order chi connectivity index (χ0) is 14.2. The number of H-pyrrole nitrogens is 1. The molecule has 0 bridgehead atoms. The minimum Gasteiger partial charge on any atom is -0.349 e. The maximum absolute atomic E-state index is 12.0. The van der Waals surface area contributed by atoms with E-state index < -0.39 is 0 Å². The molecule has 0 aliphatic heterocycles. The van der Waals surface area contributed by atoms with Crippen molar-refractivity contribution in [3.8, 4) is 11.3 Å². The number of aromatic nitrogens is 3. The molecule has 3 aromatic rings. The molecule has 0 saturated heterocycles. The van der Waals surface area contributed by atoms with Crippen molar-refractivity contribution in [2.75, 3.05) is 0 Å². The number of fused-ring (bicyclic) bond motifs is 1. The van der Waals surface area contributed by atoms with Crippen molar-refractivity contribution < 1.29 is 4.79 Å². The van der Waals surface area contributed by atoms with Crippen LogP contribution in [0.3, 0.4) is 0 Å². The number of rotatable bonds is 3. The molecule has 1 saturated carbocycles. The number of aromatic amines is 1. The number of carbonyl (C=O) groups is 1. The molecule has 104 valence electrons. The second-order valence-electron chi connectivity index (χ2n) is 5.30. The fourth-order valence-electron chi connectivity index (χ4n) is 2.35. The van der Waals surface area contributed by atoms with Crippen LogP contribution < -0.4 is 5.32 Å². The number of carbonyl (C=O) groups excluding carboxylic acids is 1. The van der Waals surface area contributed by atoms with Crippen molar-refractivity contribution >= 4 is 16.9 Å². The lowest BCUT2D eigenvalue weighted by atomic mass is 10.1. The fraction of sp³-hybridized carbons (Fsp3) is 0.188. The smallest absolute Gasteiger partial charge is 0.251 e. The summed E-state index contributed by atoms with van der Waals surface area (Å²) >= 11 is 0. The Morgan fingerprint density at radius 1 is 1.19 bits per heavy atom. The molecule has 0 spiro atoms. The zero-order valence-corrected chi connectivity index (χ0v) is 11.3. The van der Waals surface area contributed by atoms with Gasteiger partial charge in [0, 0.05) is 28.8 Å². The Morgan fingerprint density at radius 3 is 2.76 bits per heavy atom. The Balaban J connectivity index is 1.65. The molecule has 2 N–H and O–H groups in total. The summed E-state index contributed by atoms with van der Waals surface area (Å²) in [4.78, 5) is 16.2. The SMILES string of the molecule is O=C(NC1CC1)c1ccc(-c2[nH]nc3ncccc23)cc1. The molecule has 0 atom stereocenters. The molecule has 5 nitrogen and oxygen atoms in total. The van der Waals surface area contributed by atoms with Gasteiger partial charge in [0.2, 0.25) is 0 Å². The van der Waals surface area contributed by atoms with Crippen molar-refractivity contribution in [1.29, 1.82) is 0 Å². The Bertz CT molecular complexity index is 803. The van der Waals surface area contributed by atoms with Crippen LogP contribution in [0.2, 0.25) is 0 Å². The van der Waals surface area contributed by atoms with Gasteiger partial charge in [0.1, 0.15) is 0 Å². The minimum absolute atomic E-state index is 0.000172. The van der Waals surface area contributed by atoms with E-state index >= 15 is 0 Å². The van der Waals surface area contributed by atoms with Gasteiger partial charge in [-0.1, -0.05) is 12.1 Å². The highest BCUT2D eigenvalue weighted by Gasteiger charge is 2.23. The number of nitrogens with zero attached hydrogens (tertiary/aromatic N) is 2. The van der Waals surface area contributed by atoms with Crippen LogP contribution in [0.1, 0.15) is 23.2 Å². The maximum Gasteiger partial charge on any atom is 0.251 e. The van der Waals surface area contributed by atoms with E-state index in [1.807, 2.05) is 36.4 Å². The molecular formula is C16H14N4O. The van der Waals surface area contributed by atoms with Crippen LogP contribution in [-0.2, 0) is 0 Å². The van der Waals surface area contributed by atoms with E-state index in [1.54, 1.807) is 6.20 Å². The van der Waals surface area contributed by atoms with Crippen LogP contribution in [-0.4, -0.2) is 27.1 Å². The molecule has 1 aliphatic rings. The van der Waals surface area contributed by atoms with Crippen LogP contribution in [0.4, 0.5) is 0 Å². The summed E-state index contributed by atoms with van der Waals surface area (Å²) in [7, 11) is 0. The molecular weight excluding hydrogens is 264 g/mol. The summed E-state index contributed by atoms with van der Waals surface area (Å²) in [6.45, 7) is 0. The highest BCUT2D eigenvalue weighted by molar-refractivity contribution is 5.96. The molecule has 0 unspecified atom stereocenters. The van der Waals surface area contributed by atoms with Gasteiger partial charge in [-0.05, 0) is 37.1 Å². The summed E-state index contributed by atoms with van der Waals surface area (Å²) in [5, 5.41) is 11.2. The van der Waals surface area contributed by atoms with E-state index in [1.165, 1.54) is 0 Å². The standard InChI is InChI=1S/C16H14N4O/c21-16(18-12-7-8-12)11-5-3-10(4-6-11)14-13-2-1-9-17-15(13)20-19-14/h1-6,9,12H,7-8H2,(H,18,21)(H,17,19,20). The van der Waals surface area contributed by atoms with Crippen LogP contribution in [0.25, 0.3) is 22.3 Å². The van der Waals surface area contributed by atoms with E-state index in [-0.39, 0.29) is 5.91 Å². The average Bonchev–Trinajstić information content (AvgIpc) is 3.23. The number of pyridine rings is 1. The first kappa shape index (κ1) is 12.1. The van der Waals surface area contributed by atoms with Crippen LogP contribution in [0.15, 0.2) is 42.6 Å². The van der Waals surface area contributed by atoms with Crippen molar-refractivity contribution in [2.45, 2.75) is 18.9 Å². The summed E-state index contributed by atoms with van der Waals surface area (Å²) in [6.07, 6.45) is 3.91. The molecule has 4 rings (SSSR count). The maximum atomic E-state index is 12.0. The number of amides is 1. The van der Waals surface area contributed by atoms with E-state index in [4.69, 9.17) is 0 Å². The largest absolute Gasteiger partial charge is 0.349 e. The Morgan fingerprint density at radius 2 is 2.00 bits per heavy atom. The fourth-order valence-corrected chi connectivity index (χ4v) is 2.35. The summed E-state index contributed by atoms with van der Waals surface area (Å²) < 4.78 is 0. The van der Waals surface area contributed by atoms with Crippen LogP contribution >= 0.6 is 0 Å². The first-order valence-corrected chi connectivity index (χ1v) is 7.02. The lowest BCUT2D eigenvalue weighted by molar-refractivity contribution is 0.0951. The van der Waals surface area contributed by atoms with Gasteiger partial charge in [-0.2, -0.15) is 5.10 Å². The molecule has 1 fully saturated rings. The van der Waals surface area contributed by atoms with E-state index in [9.17, 15) is 4.79 Å². The summed E-state index contributed by atoms with van der Waals surface area (Å²) in [5.41, 5.74) is 3.30. The first-order chi connectivity index (χ1) is 10.3. The lowest BCUT2D eigenvalue weighted by Gasteiger charge is -2.04. The van der Waals surface area contributed by atoms with Crippen molar-refractivity contribution in [2.24, 2.45) is 0 Å².